The van der Waals surface area contributed by atoms with Crippen molar-refractivity contribution < 1.29 is 4.79 Å². The van der Waals surface area contributed by atoms with Crippen molar-refractivity contribution in [2.45, 2.75) is 43.9 Å². The van der Waals surface area contributed by atoms with Crippen LogP contribution in [0.15, 0.2) is 24.3 Å². The number of aryl methyl sites for hydroxylation is 1. The Labute approximate surface area is 127 Å². The Morgan fingerprint density at radius 1 is 1.29 bits per heavy atom. The molecule has 114 valence electrons. The highest BCUT2D eigenvalue weighted by Gasteiger charge is 2.40. The van der Waals surface area contributed by atoms with Crippen molar-refractivity contribution in [1.29, 1.82) is 0 Å². The molecule has 1 N–H and O–H groups in total. The zero-order valence-corrected chi connectivity index (χ0v) is 13.0. The van der Waals surface area contributed by atoms with E-state index in [2.05, 4.69) is 34.5 Å². The van der Waals surface area contributed by atoms with E-state index in [0.717, 1.165) is 26.1 Å². The third-order valence-corrected chi connectivity index (χ3v) is 5.21. The molecule has 1 amide bonds. The molecule has 0 radical (unpaired) electrons. The number of piperidine rings is 1. The molecule has 3 rings (SSSR count). The summed E-state index contributed by atoms with van der Waals surface area (Å²) >= 11 is 0. The zero-order chi connectivity index (χ0) is 14.7. The van der Waals surface area contributed by atoms with E-state index in [9.17, 15) is 4.79 Å². The van der Waals surface area contributed by atoms with Crippen LogP contribution in [0.4, 0.5) is 0 Å². The van der Waals surface area contributed by atoms with Crippen LogP contribution >= 0.6 is 0 Å². The number of hydrogen-bond acceptors (Lipinski definition) is 2. The van der Waals surface area contributed by atoms with Crippen LogP contribution in [-0.4, -0.2) is 37.5 Å². The van der Waals surface area contributed by atoms with Gasteiger partial charge in [-0.25, -0.2) is 0 Å². The first kappa shape index (κ1) is 14.6. The fourth-order valence-corrected chi connectivity index (χ4v) is 4.17. The van der Waals surface area contributed by atoms with E-state index < -0.39 is 0 Å². The normalized spacial score (nSPS) is 24.9. The van der Waals surface area contributed by atoms with Gasteiger partial charge in [-0.2, -0.15) is 0 Å². The molecule has 0 saturated carbocycles. The van der Waals surface area contributed by atoms with Gasteiger partial charge in [0, 0.05) is 31.5 Å². The van der Waals surface area contributed by atoms with E-state index in [-0.39, 0.29) is 5.41 Å². The molecule has 1 atom stereocenters. The first-order valence-corrected chi connectivity index (χ1v) is 8.26. The first-order valence-electron chi connectivity index (χ1n) is 8.26. The Kier molecular flexibility index (Phi) is 4.29. The summed E-state index contributed by atoms with van der Waals surface area (Å²) in [6, 6.07) is 8.89. The van der Waals surface area contributed by atoms with E-state index in [4.69, 9.17) is 0 Å². The number of hydrogen-bond donors (Lipinski definition) is 1. The summed E-state index contributed by atoms with van der Waals surface area (Å²) in [5.74, 6) is 0.312. The molecule has 1 fully saturated rings. The second-order valence-corrected chi connectivity index (χ2v) is 6.56. The number of amides is 1. The van der Waals surface area contributed by atoms with Crippen LogP contribution < -0.4 is 5.32 Å². The van der Waals surface area contributed by atoms with Crippen LogP contribution in [0.5, 0.6) is 0 Å². The van der Waals surface area contributed by atoms with Gasteiger partial charge < -0.3 is 10.2 Å². The lowest BCUT2D eigenvalue weighted by Gasteiger charge is -2.46. The summed E-state index contributed by atoms with van der Waals surface area (Å²) in [4.78, 5) is 14.5. The average molecular weight is 286 g/mol. The van der Waals surface area contributed by atoms with Gasteiger partial charge in [-0.3, -0.25) is 4.79 Å². The fourth-order valence-electron chi connectivity index (χ4n) is 4.17. The second kappa shape index (κ2) is 6.18. The molecule has 0 bridgehead atoms. The van der Waals surface area contributed by atoms with Crippen LogP contribution in [0.3, 0.4) is 0 Å². The zero-order valence-electron chi connectivity index (χ0n) is 13.0. The van der Waals surface area contributed by atoms with Gasteiger partial charge in [-0.05, 0) is 50.3 Å². The van der Waals surface area contributed by atoms with Gasteiger partial charge in [0.15, 0.2) is 0 Å². The molecule has 21 heavy (non-hydrogen) atoms. The minimum atomic E-state index is 0.225. The molecule has 0 aromatic heterocycles. The highest BCUT2D eigenvalue weighted by Crippen LogP contribution is 2.43. The number of likely N-dealkylation sites (tertiary alicyclic amines) is 1. The molecular formula is C18H26N2O. The molecule has 3 heteroatoms. The monoisotopic (exact) mass is 286 g/mol. The quantitative estimate of drug-likeness (QED) is 0.926. The number of benzene rings is 1. The largest absolute Gasteiger partial charge is 0.342 e. The molecule has 2 aliphatic rings. The van der Waals surface area contributed by atoms with Crippen molar-refractivity contribution >= 4 is 5.91 Å². The van der Waals surface area contributed by atoms with Crippen molar-refractivity contribution in [3.05, 3.63) is 35.4 Å². The van der Waals surface area contributed by atoms with Crippen molar-refractivity contribution in [3.8, 4) is 0 Å². The number of carbonyl (C=O) groups excluding carboxylic acids is 1. The Morgan fingerprint density at radius 3 is 2.95 bits per heavy atom. The molecule has 1 unspecified atom stereocenters. The molecule has 1 aliphatic carbocycles. The van der Waals surface area contributed by atoms with Gasteiger partial charge in [0.2, 0.25) is 5.91 Å². The van der Waals surface area contributed by atoms with E-state index in [1.807, 2.05) is 7.05 Å². The maximum atomic E-state index is 12.4. The third-order valence-electron chi connectivity index (χ3n) is 5.21. The number of carbonyl (C=O) groups is 1. The molecule has 1 aromatic rings. The predicted octanol–water partition coefficient (Wildman–Crippen LogP) is 2.49. The number of nitrogens with zero attached hydrogens (tertiary/aromatic N) is 1. The lowest BCUT2D eigenvalue weighted by molar-refractivity contribution is -0.133. The smallest absolute Gasteiger partial charge is 0.223 e. The van der Waals surface area contributed by atoms with Crippen LogP contribution in [0, 0.1) is 0 Å². The highest BCUT2D eigenvalue weighted by molar-refractivity contribution is 5.76. The lowest BCUT2D eigenvalue weighted by atomic mass is 9.66. The highest BCUT2D eigenvalue weighted by atomic mass is 16.2. The van der Waals surface area contributed by atoms with E-state index in [0.29, 0.717) is 12.3 Å². The Balaban J connectivity index is 1.81. The molecule has 3 nitrogen and oxygen atoms in total. The van der Waals surface area contributed by atoms with Crippen molar-refractivity contribution in [2.75, 3.05) is 26.7 Å². The Bertz CT molecular complexity index is 514. The fraction of sp³-hybridized carbons (Fsp3) is 0.611. The molecule has 1 heterocycles. The minimum Gasteiger partial charge on any atom is -0.342 e. The van der Waals surface area contributed by atoms with E-state index in [1.54, 1.807) is 0 Å². The van der Waals surface area contributed by atoms with Gasteiger partial charge in [-0.1, -0.05) is 24.3 Å². The van der Waals surface area contributed by atoms with Gasteiger partial charge in [0.25, 0.3) is 0 Å². The van der Waals surface area contributed by atoms with E-state index >= 15 is 0 Å². The van der Waals surface area contributed by atoms with Crippen LogP contribution in [-0.2, 0) is 16.6 Å². The summed E-state index contributed by atoms with van der Waals surface area (Å²) in [7, 11) is 1.91. The van der Waals surface area contributed by atoms with Gasteiger partial charge in [-0.15, -0.1) is 0 Å². The summed E-state index contributed by atoms with van der Waals surface area (Å²) in [6.45, 7) is 2.64. The summed E-state index contributed by atoms with van der Waals surface area (Å²) < 4.78 is 0. The van der Waals surface area contributed by atoms with Crippen molar-refractivity contribution in [3.63, 3.8) is 0 Å². The van der Waals surface area contributed by atoms with Crippen molar-refractivity contribution in [1.82, 2.24) is 10.2 Å². The predicted molar refractivity (Wildman–Crippen MR) is 85.4 cm³/mol. The summed E-state index contributed by atoms with van der Waals surface area (Å²) in [6.07, 6.45) is 6.69. The standard InChI is InChI=1S/C18H26N2O/c1-19-12-9-17(21)20-13-5-11-18(14-20)10-4-7-15-6-2-3-8-16(15)18/h2-3,6,8,19H,4-5,7,9-14H2,1H3. The first-order chi connectivity index (χ1) is 10.2. The number of fused-ring (bicyclic) bond motifs is 2. The summed E-state index contributed by atoms with van der Waals surface area (Å²) in [5, 5.41) is 3.08. The molecule has 1 saturated heterocycles. The summed E-state index contributed by atoms with van der Waals surface area (Å²) in [5.41, 5.74) is 3.25. The number of rotatable bonds is 3. The Hall–Kier alpha value is -1.35. The third kappa shape index (κ3) is 2.84. The Morgan fingerprint density at radius 2 is 2.10 bits per heavy atom. The topological polar surface area (TPSA) is 32.3 Å². The maximum Gasteiger partial charge on any atom is 0.223 e. The van der Waals surface area contributed by atoms with Crippen molar-refractivity contribution in [2.24, 2.45) is 0 Å². The molecular weight excluding hydrogens is 260 g/mol. The minimum absolute atomic E-state index is 0.225. The average Bonchev–Trinajstić information content (AvgIpc) is 2.53. The molecule has 1 aromatic carbocycles. The van der Waals surface area contributed by atoms with Crippen LogP contribution in [0.25, 0.3) is 0 Å². The maximum absolute atomic E-state index is 12.4. The molecule has 1 aliphatic heterocycles. The van der Waals surface area contributed by atoms with Gasteiger partial charge in [0.1, 0.15) is 0 Å². The van der Waals surface area contributed by atoms with Crippen LogP contribution in [0.2, 0.25) is 0 Å². The lowest BCUT2D eigenvalue weighted by Crippen LogP contribution is -2.50. The van der Waals surface area contributed by atoms with Gasteiger partial charge in [0.05, 0.1) is 0 Å². The molecule has 1 spiro atoms. The SMILES string of the molecule is CNCCC(=O)N1CCCC2(CCCc3ccccc32)C1. The van der Waals surface area contributed by atoms with E-state index in [1.165, 1.54) is 36.8 Å². The second-order valence-electron chi connectivity index (χ2n) is 6.56. The van der Waals surface area contributed by atoms with Crippen LogP contribution in [0.1, 0.15) is 43.2 Å². The van der Waals surface area contributed by atoms with Gasteiger partial charge >= 0.3 is 0 Å². The number of nitrogens with one attached hydrogen (secondary N) is 1.